The lowest BCUT2D eigenvalue weighted by Crippen LogP contribution is -2.31. The van der Waals surface area contributed by atoms with E-state index in [4.69, 9.17) is 5.84 Å². The van der Waals surface area contributed by atoms with Gasteiger partial charge in [-0.3, -0.25) is 10.2 Å². The van der Waals surface area contributed by atoms with E-state index < -0.39 is 0 Å². The van der Waals surface area contributed by atoms with E-state index in [1.54, 1.807) is 11.7 Å². The van der Waals surface area contributed by atoms with Gasteiger partial charge < -0.3 is 0 Å². The van der Waals surface area contributed by atoms with Gasteiger partial charge in [-0.25, -0.2) is 10.5 Å². The molecule has 0 aliphatic rings. The summed E-state index contributed by atoms with van der Waals surface area (Å²) in [5.41, 5.74) is 4.16. The molecule has 1 heterocycles. The number of nitrogens with two attached hydrogens (primary N) is 1. The van der Waals surface area contributed by atoms with Gasteiger partial charge in [-0.2, -0.15) is 0 Å². The molecule has 0 unspecified atom stereocenters. The molecule has 0 aliphatic carbocycles. The molecule has 0 fully saturated rings. The molecule has 0 radical (unpaired) electrons. The van der Waals surface area contributed by atoms with Gasteiger partial charge in [-0.05, 0) is 21.6 Å². The molecular weight excluding hydrogens is 264 g/mol. The average Bonchev–Trinajstić information content (AvgIpc) is 2.83. The first-order valence-electron chi connectivity index (χ1n) is 5.62. The van der Waals surface area contributed by atoms with Crippen LogP contribution in [0.4, 0.5) is 0 Å². The van der Waals surface area contributed by atoms with E-state index in [9.17, 15) is 4.79 Å². The highest BCUT2D eigenvalue weighted by molar-refractivity contribution is 7.98. The summed E-state index contributed by atoms with van der Waals surface area (Å²) in [6.45, 7) is 0. The van der Waals surface area contributed by atoms with Crippen molar-refractivity contribution < 1.29 is 4.79 Å². The van der Waals surface area contributed by atoms with Crippen LogP contribution in [0.3, 0.4) is 0 Å². The van der Waals surface area contributed by atoms with Crippen LogP contribution in [0.2, 0.25) is 0 Å². The Morgan fingerprint density at radius 1 is 1.42 bits per heavy atom. The summed E-state index contributed by atoms with van der Waals surface area (Å²) in [5, 5.41) is 12.0. The summed E-state index contributed by atoms with van der Waals surface area (Å²) < 4.78 is 1.61. The second-order valence-electron chi connectivity index (χ2n) is 3.89. The normalized spacial score (nSPS) is 10.4. The number of hydrazine groups is 1. The van der Waals surface area contributed by atoms with Crippen LogP contribution in [-0.2, 0) is 24.0 Å². The molecule has 2 aromatic rings. The maximum atomic E-state index is 11.3. The molecule has 3 N–H and O–H groups in total. The van der Waals surface area contributed by atoms with Crippen LogP contribution in [0, 0.1) is 0 Å². The minimum absolute atomic E-state index is 0.210. The molecule has 2 rings (SSSR count). The number of hydrogen-bond donors (Lipinski definition) is 2. The number of thioether (sulfide) groups is 1. The molecule has 1 aromatic heterocycles. The van der Waals surface area contributed by atoms with E-state index in [-0.39, 0.29) is 12.3 Å². The first-order valence-corrected chi connectivity index (χ1v) is 6.60. The fraction of sp³-hybridized carbons (Fsp3) is 0.273. The van der Waals surface area contributed by atoms with Crippen molar-refractivity contribution in [3.63, 3.8) is 0 Å². The molecule has 0 atom stereocenters. The van der Waals surface area contributed by atoms with Crippen molar-refractivity contribution in [2.45, 2.75) is 17.3 Å². The van der Waals surface area contributed by atoms with E-state index in [0.29, 0.717) is 5.75 Å². The van der Waals surface area contributed by atoms with E-state index in [0.717, 1.165) is 16.3 Å². The van der Waals surface area contributed by atoms with Gasteiger partial charge in [0.15, 0.2) is 0 Å². The highest BCUT2D eigenvalue weighted by atomic mass is 32.2. The number of carbonyl (C=O) groups is 1. The van der Waals surface area contributed by atoms with Gasteiger partial charge >= 0.3 is 0 Å². The largest absolute Gasteiger partial charge is 0.294 e. The second kappa shape index (κ2) is 6.30. The zero-order chi connectivity index (χ0) is 13.7. The second-order valence-corrected chi connectivity index (χ2v) is 4.83. The van der Waals surface area contributed by atoms with E-state index >= 15 is 0 Å². The SMILES string of the molecule is Cn1nnnc1SCc1ccccc1CC(=O)NN. The average molecular weight is 278 g/mol. The number of benzene rings is 1. The van der Waals surface area contributed by atoms with Gasteiger partial charge in [-0.15, -0.1) is 5.10 Å². The number of hydrogen-bond acceptors (Lipinski definition) is 6. The topological polar surface area (TPSA) is 98.7 Å². The molecule has 1 amide bonds. The fourth-order valence-electron chi connectivity index (χ4n) is 1.58. The molecule has 7 nitrogen and oxygen atoms in total. The predicted octanol–water partition coefficient (Wildman–Crippen LogP) is 0.0348. The van der Waals surface area contributed by atoms with Gasteiger partial charge in [0.2, 0.25) is 11.1 Å². The van der Waals surface area contributed by atoms with Crippen LogP contribution in [-0.4, -0.2) is 26.1 Å². The molecule has 0 aliphatic heterocycles. The maximum Gasteiger partial charge on any atom is 0.238 e. The summed E-state index contributed by atoms with van der Waals surface area (Å²) >= 11 is 1.52. The highest BCUT2D eigenvalue weighted by Crippen LogP contribution is 2.22. The predicted molar refractivity (Wildman–Crippen MR) is 70.8 cm³/mol. The Bertz CT molecular complexity index is 570. The summed E-state index contributed by atoms with van der Waals surface area (Å²) in [4.78, 5) is 11.3. The number of aryl methyl sites for hydroxylation is 1. The van der Waals surface area contributed by atoms with Crippen LogP contribution in [0.1, 0.15) is 11.1 Å². The number of tetrazole rings is 1. The number of aromatic nitrogens is 4. The molecule has 19 heavy (non-hydrogen) atoms. The first kappa shape index (κ1) is 13.5. The Morgan fingerprint density at radius 3 is 2.79 bits per heavy atom. The summed E-state index contributed by atoms with van der Waals surface area (Å²) in [6.07, 6.45) is 0.268. The summed E-state index contributed by atoms with van der Waals surface area (Å²) in [6, 6.07) is 7.74. The van der Waals surface area contributed by atoms with Gasteiger partial charge in [0.05, 0.1) is 6.42 Å². The molecule has 1 aromatic carbocycles. The van der Waals surface area contributed by atoms with Crippen molar-refractivity contribution in [1.82, 2.24) is 25.6 Å². The lowest BCUT2D eigenvalue weighted by Gasteiger charge is -2.07. The minimum atomic E-state index is -0.210. The smallest absolute Gasteiger partial charge is 0.238 e. The fourth-order valence-corrected chi connectivity index (χ4v) is 2.46. The Labute approximate surface area is 114 Å². The number of nitrogens with one attached hydrogen (secondary N) is 1. The summed E-state index contributed by atoms with van der Waals surface area (Å²) in [7, 11) is 1.79. The van der Waals surface area contributed by atoms with Crippen molar-refractivity contribution in [3.8, 4) is 0 Å². The van der Waals surface area contributed by atoms with Crippen LogP contribution >= 0.6 is 11.8 Å². The monoisotopic (exact) mass is 278 g/mol. The Hall–Kier alpha value is -1.93. The minimum Gasteiger partial charge on any atom is -0.294 e. The van der Waals surface area contributed by atoms with E-state index in [1.165, 1.54) is 11.8 Å². The number of amides is 1. The molecule has 0 bridgehead atoms. The van der Waals surface area contributed by atoms with Crippen LogP contribution in [0.15, 0.2) is 29.4 Å². The molecule has 0 saturated heterocycles. The Balaban J connectivity index is 2.07. The van der Waals surface area contributed by atoms with Crippen molar-refractivity contribution in [2.24, 2.45) is 12.9 Å². The van der Waals surface area contributed by atoms with Crippen LogP contribution < -0.4 is 11.3 Å². The maximum absolute atomic E-state index is 11.3. The quantitative estimate of drug-likeness (QED) is 0.347. The van der Waals surface area contributed by atoms with Gasteiger partial charge in [-0.1, -0.05) is 36.0 Å². The van der Waals surface area contributed by atoms with Gasteiger partial charge in [0, 0.05) is 12.8 Å². The standard InChI is InChI=1S/C11H14N6OS/c1-17-11(14-15-16-17)19-7-9-5-3-2-4-8(9)6-10(18)13-12/h2-5H,6-7,12H2,1H3,(H,13,18). The molecule has 0 saturated carbocycles. The number of nitrogens with zero attached hydrogens (tertiary/aromatic N) is 4. The Kier molecular flexibility index (Phi) is 4.48. The first-order chi connectivity index (χ1) is 9.20. The van der Waals surface area contributed by atoms with Crippen molar-refractivity contribution in [3.05, 3.63) is 35.4 Å². The third kappa shape index (κ3) is 3.52. The van der Waals surface area contributed by atoms with Crippen molar-refractivity contribution in [2.75, 3.05) is 0 Å². The van der Waals surface area contributed by atoms with Gasteiger partial charge in [0.25, 0.3) is 0 Å². The van der Waals surface area contributed by atoms with Crippen LogP contribution in [0.25, 0.3) is 0 Å². The van der Waals surface area contributed by atoms with Gasteiger partial charge in [0.1, 0.15) is 0 Å². The van der Waals surface area contributed by atoms with E-state index in [1.807, 2.05) is 24.3 Å². The zero-order valence-electron chi connectivity index (χ0n) is 10.4. The molecule has 0 spiro atoms. The Morgan fingerprint density at radius 2 is 2.16 bits per heavy atom. The highest BCUT2D eigenvalue weighted by Gasteiger charge is 2.09. The molecule has 100 valence electrons. The zero-order valence-corrected chi connectivity index (χ0v) is 11.2. The number of carbonyl (C=O) groups excluding carboxylic acids is 1. The summed E-state index contributed by atoms with van der Waals surface area (Å²) in [5.74, 6) is 5.59. The molecular formula is C11H14N6OS. The third-order valence-corrected chi connectivity index (χ3v) is 3.63. The lowest BCUT2D eigenvalue weighted by molar-refractivity contribution is -0.120. The molecule has 8 heteroatoms. The number of rotatable bonds is 5. The van der Waals surface area contributed by atoms with Crippen LogP contribution in [0.5, 0.6) is 0 Å². The van der Waals surface area contributed by atoms with E-state index in [2.05, 4.69) is 21.0 Å². The lowest BCUT2D eigenvalue weighted by atomic mass is 10.1. The third-order valence-electron chi connectivity index (χ3n) is 2.57. The van der Waals surface area contributed by atoms with Crippen molar-refractivity contribution in [1.29, 1.82) is 0 Å². The van der Waals surface area contributed by atoms with Crippen molar-refractivity contribution >= 4 is 17.7 Å².